The van der Waals surface area contributed by atoms with Crippen LogP contribution in [0.4, 0.5) is 5.69 Å². The maximum Gasteiger partial charge on any atom is 0.0957 e. The van der Waals surface area contributed by atoms with Crippen LogP contribution in [0.3, 0.4) is 0 Å². The lowest BCUT2D eigenvalue weighted by Crippen LogP contribution is -2.18. The van der Waals surface area contributed by atoms with Crippen LogP contribution in [0.2, 0.25) is 0 Å². The maximum atomic E-state index is 4.72. The van der Waals surface area contributed by atoms with Gasteiger partial charge in [-0.05, 0) is 62.4 Å². The molecule has 0 bridgehead atoms. The molecule has 1 heterocycles. The predicted octanol–water partition coefficient (Wildman–Crippen LogP) is 5.27. The lowest BCUT2D eigenvalue weighted by atomic mass is 10.0. The Morgan fingerprint density at radius 2 is 2.00 bits per heavy atom. The van der Waals surface area contributed by atoms with Crippen molar-refractivity contribution in [2.45, 2.75) is 33.1 Å². The molecule has 2 N–H and O–H groups in total. The van der Waals surface area contributed by atoms with E-state index in [2.05, 4.69) is 73.5 Å². The predicted molar refractivity (Wildman–Crippen MR) is 109 cm³/mol. The average Bonchev–Trinajstić information content (AvgIpc) is 3.00. The first-order chi connectivity index (χ1) is 12.2. The zero-order chi connectivity index (χ0) is 17.6. The van der Waals surface area contributed by atoms with E-state index >= 15 is 0 Å². The third kappa shape index (κ3) is 4.60. The van der Waals surface area contributed by atoms with E-state index in [1.807, 2.05) is 11.3 Å². The fraction of sp³-hybridized carbons (Fsp3) is 0.286. The number of para-hydroxylation sites is 1. The molecule has 0 aliphatic heterocycles. The standard InChI is InChI=1S/C21H25N3S/c1-4-22-16(3)23-18-13-12-17(14-15(18)2)8-7-11-21-24-19-9-5-6-10-20(19)25-21/h5-6,9-10,12-14,22-23H,3-4,7-8,11H2,1-2H3. The van der Waals surface area contributed by atoms with E-state index in [-0.39, 0.29) is 0 Å². The first kappa shape index (κ1) is 17.5. The summed E-state index contributed by atoms with van der Waals surface area (Å²) in [4.78, 5) is 4.72. The Labute approximate surface area is 153 Å². The van der Waals surface area contributed by atoms with Crippen molar-refractivity contribution in [1.82, 2.24) is 10.3 Å². The number of anilines is 1. The number of hydrogen-bond acceptors (Lipinski definition) is 4. The number of fused-ring (bicyclic) bond motifs is 1. The Bertz CT molecular complexity index is 833. The smallest absolute Gasteiger partial charge is 0.0957 e. The molecule has 0 radical (unpaired) electrons. The molecule has 0 fully saturated rings. The van der Waals surface area contributed by atoms with E-state index in [0.29, 0.717) is 0 Å². The highest BCUT2D eigenvalue weighted by Crippen LogP contribution is 2.23. The molecule has 0 saturated heterocycles. The highest BCUT2D eigenvalue weighted by Gasteiger charge is 2.05. The van der Waals surface area contributed by atoms with Crippen molar-refractivity contribution in [3.8, 4) is 0 Å². The van der Waals surface area contributed by atoms with Gasteiger partial charge in [0.05, 0.1) is 21.0 Å². The van der Waals surface area contributed by atoms with Gasteiger partial charge in [-0.25, -0.2) is 4.98 Å². The van der Waals surface area contributed by atoms with Gasteiger partial charge in [0.2, 0.25) is 0 Å². The molecule has 25 heavy (non-hydrogen) atoms. The topological polar surface area (TPSA) is 37.0 Å². The Kier molecular flexibility index (Phi) is 5.71. The fourth-order valence-corrected chi connectivity index (χ4v) is 3.92. The summed E-state index contributed by atoms with van der Waals surface area (Å²) in [7, 11) is 0. The fourth-order valence-electron chi connectivity index (χ4n) is 2.91. The van der Waals surface area contributed by atoms with Gasteiger partial charge in [0.1, 0.15) is 0 Å². The maximum absolute atomic E-state index is 4.72. The molecule has 4 heteroatoms. The van der Waals surface area contributed by atoms with Gasteiger partial charge in [-0.1, -0.05) is 30.8 Å². The van der Waals surface area contributed by atoms with Crippen LogP contribution in [0.15, 0.2) is 54.9 Å². The molecule has 0 aliphatic carbocycles. The second-order valence-electron chi connectivity index (χ2n) is 6.21. The quantitative estimate of drug-likeness (QED) is 0.580. The Balaban J connectivity index is 1.56. The molecule has 3 nitrogen and oxygen atoms in total. The van der Waals surface area contributed by atoms with Gasteiger partial charge in [-0.3, -0.25) is 0 Å². The summed E-state index contributed by atoms with van der Waals surface area (Å²) in [5.41, 5.74) is 4.85. The molecular formula is C21H25N3S. The van der Waals surface area contributed by atoms with E-state index in [9.17, 15) is 0 Å². The zero-order valence-electron chi connectivity index (χ0n) is 14.9. The van der Waals surface area contributed by atoms with Crippen molar-refractivity contribution in [3.63, 3.8) is 0 Å². The van der Waals surface area contributed by atoms with E-state index < -0.39 is 0 Å². The first-order valence-corrected chi connectivity index (χ1v) is 9.61. The largest absolute Gasteiger partial charge is 0.372 e. The number of thiazole rings is 1. The average molecular weight is 352 g/mol. The Hall–Kier alpha value is -2.33. The molecule has 0 aliphatic rings. The summed E-state index contributed by atoms with van der Waals surface area (Å²) in [6.07, 6.45) is 3.23. The molecule has 0 saturated carbocycles. The lowest BCUT2D eigenvalue weighted by molar-refractivity contribution is 0.815. The summed E-state index contributed by atoms with van der Waals surface area (Å²) >= 11 is 1.81. The summed E-state index contributed by atoms with van der Waals surface area (Å²) in [5, 5.41) is 7.74. The van der Waals surface area contributed by atoms with Crippen molar-refractivity contribution in [3.05, 3.63) is 71.0 Å². The third-order valence-electron chi connectivity index (χ3n) is 4.16. The molecular weight excluding hydrogens is 326 g/mol. The Morgan fingerprint density at radius 1 is 1.16 bits per heavy atom. The molecule has 1 aromatic heterocycles. The van der Waals surface area contributed by atoms with Crippen LogP contribution in [-0.4, -0.2) is 11.5 Å². The number of hydrogen-bond donors (Lipinski definition) is 2. The summed E-state index contributed by atoms with van der Waals surface area (Å²) in [5.74, 6) is 0.842. The van der Waals surface area contributed by atoms with Gasteiger partial charge >= 0.3 is 0 Å². The monoisotopic (exact) mass is 351 g/mol. The van der Waals surface area contributed by atoms with Gasteiger partial charge in [0, 0.05) is 12.2 Å². The first-order valence-electron chi connectivity index (χ1n) is 8.79. The minimum absolute atomic E-state index is 0.842. The Morgan fingerprint density at radius 3 is 2.76 bits per heavy atom. The van der Waals surface area contributed by atoms with Crippen molar-refractivity contribution in [2.24, 2.45) is 0 Å². The van der Waals surface area contributed by atoms with Crippen molar-refractivity contribution < 1.29 is 0 Å². The van der Waals surface area contributed by atoms with Crippen molar-refractivity contribution in [1.29, 1.82) is 0 Å². The number of aromatic nitrogens is 1. The molecule has 0 amide bonds. The number of rotatable bonds is 8. The summed E-state index contributed by atoms with van der Waals surface area (Å²) in [6.45, 7) is 9.05. The highest BCUT2D eigenvalue weighted by molar-refractivity contribution is 7.18. The molecule has 2 aromatic carbocycles. The molecule has 3 aromatic rings. The van der Waals surface area contributed by atoms with E-state index in [1.165, 1.54) is 20.8 Å². The number of nitrogens with one attached hydrogen (secondary N) is 2. The molecule has 130 valence electrons. The minimum Gasteiger partial charge on any atom is -0.372 e. The van der Waals surface area contributed by atoms with Gasteiger partial charge in [-0.15, -0.1) is 11.3 Å². The molecule has 0 spiro atoms. The van der Waals surface area contributed by atoms with Crippen LogP contribution in [-0.2, 0) is 12.8 Å². The van der Waals surface area contributed by atoms with Crippen LogP contribution in [0.25, 0.3) is 10.2 Å². The number of nitrogens with zero attached hydrogens (tertiary/aromatic N) is 1. The number of benzene rings is 2. The normalized spacial score (nSPS) is 10.8. The lowest BCUT2D eigenvalue weighted by Gasteiger charge is -2.14. The number of aryl methyl sites for hydroxylation is 3. The molecule has 0 unspecified atom stereocenters. The molecule has 3 rings (SSSR count). The van der Waals surface area contributed by atoms with Crippen LogP contribution in [0, 0.1) is 6.92 Å². The SMILES string of the molecule is C=C(NCC)Nc1ccc(CCCc2nc3ccccc3s2)cc1C. The van der Waals surface area contributed by atoms with Gasteiger partial charge < -0.3 is 10.6 Å². The van der Waals surface area contributed by atoms with Crippen molar-refractivity contribution >= 4 is 27.2 Å². The van der Waals surface area contributed by atoms with Crippen LogP contribution in [0.5, 0.6) is 0 Å². The van der Waals surface area contributed by atoms with Crippen molar-refractivity contribution in [2.75, 3.05) is 11.9 Å². The van der Waals surface area contributed by atoms with Gasteiger partial charge in [0.15, 0.2) is 0 Å². The summed E-state index contributed by atoms with van der Waals surface area (Å²) < 4.78 is 1.28. The molecule has 0 atom stereocenters. The van der Waals surface area contributed by atoms with E-state index in [0.717, 1.165) is 42.8 Å². The zero-order valence-corrected chi connectivity index (χ0v) is 15.7. The van der Waals surface area contributed by atoms with E-state index in [1.54, 1.807) is 0 Å². The van der Waals surface area contributed by atoms with Gasteiger partial charge in [0.25, 0.3) is 0 Å². The van der Waals surface area contributed by atoms with Crippen LogP contribution >= 0.6 is 11.3 Å². The minimum atomic E-state index is 0.842. The second-order valence-corrected chi connectivity index (χ2v) is 7.33. The van der Waals surface area contributed by atoms with Gasteiger partial charge in [-0.2, -0.15) is 0 Å². The van der Waals surface area contributed by atoms with E-state index in [4.69, 9.17) is 4.98 Å². The van der Waals surface area contributed by atoms with Crippen LogP contribution < -0.4 is 10.6 Å². The highest BCUT2D eigenvalue weighted by atomic mass is 32.1. The summed E-state index contributed by atoms with van der Waals surface area (Å²) in [6, 6.07) is 15.0. The van der Waals surface area contributed by atoms with Crippen LogP contribution in [0.1, 0.15) is 29.5 Å². The second kappa shape index (κ2) is 8.17. The third-order valence-corrected chi connectivity index (χ3v) is 5.26.